The van der Waals surface area contributed by atoms with E-state index in [0.29, 0.717) is 36.6 Å². The van der Waals surface area contributed by atoms with Crippen molar-refractivity contribution in [2.24, 2.45) is 34.5 Å². The number of nitrogens with zero attached hydrogens (tertiary/aromatic N) is 1. The molecule has 0 unspecified atom stereocenters. The Morgan fingerprint density at radius 1 is 1.18 bits per heavy atom. The van der Waals surface area contributed by atoms with Crippen LogP contribution < -0.4 is 10.6 Å². The molecule has 0 aromatic carbocycles. The van der Waals surface area contributed by atoms with Crippen LogP contribution in [-0.2, 0) is 16.0 Å². The molecule has 1 aromatic rings. The largest absolute Gasteiger partial charge is 0.356 e. The van der Waals surface area contributed by atoms with Gasteiger partial charge < -0.3 is 10.6 Å². The molecule has 1 aromatic heterocycles. The Labute approximate surface area is 198 Å². The Hall–Kier alpha value is -2.17. The zero-order chi connectivity index (χ0) is 23.2. The van der Waals surface area contributed by atoms with Gasteiger partial charge in [0.15, 0.2) is 0 Å². The number of hydrogen-bond acceptors (Lipinski definition) is 3. The van der Waals surface area contributed by atoms with Gasteiger partial charge in [0, 0.05) is 42.7 Å². The number of aromatic nitrogens is 1. The molecular weight excluding hydrogens is 410 g/mol. The van der Waals surface area contributed by atoms with E-state index in [-0.39, 0.29) is 28.7 Å². The van der Waals surface area contributed by atoms with Crippen LogP contribution in [0.3, 0.4) is 0 Å². The molecule has 2 N–H and O–H groups in total. The van der Waals surface area contributed by atoms with Gasteiger partial charge in [-0.3, -0.25) is 14.6 Å². The van der Waals surface area contributed by atoms with Crippen LogP contribution in [0.15, 0.2) is 30.5 Å². The first-order valence-electron chi connectivity index (χ1n) is 13.0. The van der Waals surface area contributed by atoms with Gasteiger partial charge in [0.1, 0.15) is 0 Å². The number of fused-ring (bicyclic) bond motifs is 5. The van der Waals surface area contributed by atoms with E-state index in [1.807, 2.05) is 12.3 Å². The molecule has 5 rings (SSSR count). The molecule has 0 spiro atoms. The number of carbonyl (C=O) groups is 2. The summed E-state index contributed by atoms with van der Waals surface area (Å²) in [6.45, 7) is 7.58. The minimum absolute atomic E-state index is 0.0710. The second kappa shape index (κ2) is 8.56. The second-order valence-corrected chi connectivity index (χ2v) is 11.6. The summed E-state index contributed by atoms with van der Waals surface area (Å²) in [6, 6.07) is 4.31. The zero-order valence-corrected chi connectivity index (χ0v) is 20.4. The van der Waals surface area contributed by atoms with Crippen molar-refractivity contribution in [2.75, 3.05) is 6.54 Å². The summed E-state index contributed by atoms with van der Waals surface area (Å²) in [5.41, 5.74) is 2.60. The van der Waals surface area contributed by atoms with Crippen molar-refractivity contribution in [3.63, 3.8) is 0 Å². The smallest absolute Gasteiger partial charge is 0.243 e. The average molecular weight is 450 g/mol. The molecule has 3 saturated carbocycles. The lowest BCUT2D eigenvalue weighted by Crippen LogP contribution is -2.59. The lowest BCUT2D eigenvalue weighted by Gasteiger charge is -2.59. The number of hydrogen-bond donors (Lipinski definition) is 2. The monoisotopic (exact) mass is 449 g/mol. The molecular formula is C28H39N3O2. The molecule has 2 amide bonds. The number of pyridine rings is 1. The zero-order valence-electron chi connectivity index (χ0n) is 20.4. The van der Waals surface area contributed by atoms with Crippen molar-refractivity contribution in [2.45, 2.75) is 78.2 Å². The highest BCUT2D eigenvalue weighted by Crippen LogP contribution is 2.65. The van der Waals surface area contributed by atoms with Crippen LogP contribution in [-0.4, -0.2) is 29.4 Å². The maximum absolute atomic E-state index is 12.9. The van der Waals surface area contributed by atoms with Gasteiger partial charge in [-0.05, 0) is 92.2 Å². The molecule has 178 valence electrons. The third-order valence-electron chi connectivity index (χ3n) is 10.1. The van der Waals surface area contributed by atoms with E-state index in [0.717, 1.165) is 18.5 Å². The minimum Gasteiger partial charge on any atom is -0.356 e. The third-order valence-corrected chi connectivity index (χ3v) is 10.1. The first-order chi connectivity index (χ1) is 15.8. The van der Waals surface area contributed by atoms with Crippen molar-refractivity contribution >= 4 is 11.8 Å². The Morgan fingerprint density at radius 2 is 2.03 bits per heavy atom. The van der Waals surface area contributed by atoms with E-state index in [9.17, 15) is 9.59 Å². The van der Waals surface area contributed by atoms with Crippen LogP contribution >= 0.6 is 0 Å². The summed E-state index contributed by atoms with van der Waals surface area (Å²) < 4.78 is 0. The van der Waals surface area contributed by atoms with Gasteiger partial charge in [-0.15, -0.1) is 0 Å². The Bertz CT molecular complexity index is 958. The quantitative estimate of drug-likeness (QED) is 0.702. The maximum atomic E-state index is 12.9. The van der Waals surface area contributed by atoms with Crippen LogP contribution in [0.25, 0.3) is 0 Å². The van der Waals surface area contributed by atoms with E-state index in [2.05, 4.69) is 48.5 Å². The van der Waals surface area contributed by atoms with E-state index < -0.39 is 0 Å². The fourth-order valence-electron chi connectivity index (χ4n) is 8.17. The van der Waals surface area contributed by atoms with Crippen LogP contribution in [0, 0.1) is 41.4 Å². The van der Waals surface area contributed by atoms with E-state index in [1.165, 1.54) is 37.7 Å². The summed E-state index contributed by atoms with van der Waals surface area (Å²) in [6.07, 6.45) is 14.4. The molecule has 3 aliphatic carbocycles. The molecule has 0 radical (unpaired) electrons. The van der Waals surface area contributed by atoms with Crippen LogP contribution in [0.5, 0.6) is 0 Å². The number of nitrogens with one attached hydrogen (secondary N) is 2. The highest BCUT2D eigenvalue weighted by atomic mass is 16.2. The molecule has 5 nitrogen and oxygen atoms in total. The summed E-state index contributed by atoms with van der Waals surface area (Å²) in [5.74, 6) is 2.80. The Morgan fingerprint density at radius 3 is 2.85 bits per heavy atom. The molecule has 0 saturated heterocycles. The van der Waals surface area contributed by atoms with Crippen molar-refractivity contribution in [3.8, 4) is 0 Å². The predicted molar refractivity (Wildman–Crippen MR) is 129 cm³/mol. The number of carbonyl (C=O) groups excluding carboxylic acids is 2. The molecule has 33 heavy (non-hydrogen) atoms. The lowest BCUT2D eigenvalue weighted by molar-refractivity contribution is -0.125. The summed E-state index contributed by atoms with van der Waals surface area (Å²) in [7, 11) is 0. The van der Waals surface area contributed by atoms with Crippen molar-refractivity contribution in [3.05, 3.63) is 41.7 Å². The summed E-state index contributed by atoms with van der Waals surface area (Å²) >= 11 is 0. The van der Waals surface area contributed by atoms with Gasteiger partial charge in [0.25, 0.3) is 0 Å². The van der Waals surface area contributed by atoms with Crippen LogP contribution in [0.1, 0.15) is 70.1 Å². The SMILES string of the molecule is Cc1cccnc1CCNC(=O)C[C@H]1CC[C@H]2[C@@H]3CC[C@H]4NC(=O)C=C[C@]4(C)[C@H]3CC[C@]12C. The Balaban J connectivity index is 1.21. The van der Waals surface area contributed by atoms with E-state index in [1.54, 1.807) is 6.08 Å². The Kier molecular flexibility index (Phi) is 5.86. The molecule has 2 heterocycles. The van der Waals surface area contributed by atoms with Gasteiger partial charge in [-0.2, -0.15) is 0 Å². The first kappa shape index (κ1) is 22.6. The van der Waals surface area contributed by atoms with Crippen LogP contribution in [0.4, 0.5) is 0 Å². The van der Waals surface area contributed by atoms with Gasteiger partial charge >= 0.3 is 0 Å². The lowest BCUT2D eigenvalue weighted by atomic mass is 9.48. The third kappa shape index (κ3) is 3.91. The number of aryl methyl sites for hydroxylation is 1. The van der Waals surface area contributed by atoms with Gasteiger partial charge in [0.05, 0.1) is 0 Å². The van der Waals surface area contributed by atoms with Crippen LogP contribution in [0.2, 0.25) is 0 Å². The maximum Gasteiger partial charge on any atom is 0.243 e. The highest BCUT2D eigenvalue weighted by Gasteiger charge is 2.59. The average Bonchev–Trinajstić information content (AvgIpc) is 3.12. The topological polar surface area (TPSA) is 71.1 Å². The molecule has 0 bridgehead atoms. The van der Waals surface area contributed by atoms with Crippen molar-refractivity contribution in [1.82, 2.24) is 15.6 Å². The minimum atomic E-state index is 0.0710. The first-order valence-corrected chi connectivity index (χ1v) is 13.0. The standard InChI is InChI=1S/C28H39N3O2/c1-18-5-4-15-29-23(18)12-16-30-26(33)17-19-6-8-21-20-7-9-24-28(3,14-11-25(32)31-24)22(20)10-13-27(19,21)2/h4-5,11,14-15,19-22,24H,6-10,12-13,16-17H2,1-3H3,(H,30,33)(H,31,32)/t19-,20+,21+,22+,24-,27-,28-/m1/s1. The fraction of sp³-hybridized carbons (Fsp3) is 0.679. The highest BCUT2D eigenvalue weighted by molar-refractivity contribution is 5.89. The summed E-state index contributed by atoms with van der Waals surface area (Å²) in [4.78, 5) is 29.2. The molecule has 1 aliphatic heterocycles. The number of amides is 2. The van der Waals surface area contributed by atoms with Crippen molar-refractivity contribution in [1.29, 1.82) is 0 Å². The molecule has 7 atom stereocenters. The molecule has 4 aliphatic rings. The summed E-state index contributed by atoms with van der Waals surface area (Å²) in [5, 5.41) is 6.42. The fourth-order valence-corrected chi connectivity index (χ4v) is 8.17. The predicted octanol–water partition coefficient (Wildman–Crippen LogP) is 4.35. The van der Waals surface area contributed by atoms with Gasteiger partial charge in [-0.1, -0.05) is 26.0 Å². The van der Waals surface area contributed by atoms with E-state index >= 15 is 0 Å². The van der Waals surface area contributed by atoms with Gasteiger partial charge in [-0.25, -0.2) is 0 Å². The second-order valence-electron chi connectivity index (χ2n) is 11.6. The normalized spacial score (nSPS) is 39.2. The molecule has 3 fully saturated rings. The van der Waals surface area contributed by atoms with Crippen molar-refractivity contribution < 1.29 is 9.59 Å². The molecule has 5 heteroatoms. The van der Waals surface area contributed by atoms with E-state index in [4.69, 9.17) is 0 Å². The van der Waals surface area contributed by atoms with Gasteiger partial charge in [0.2, 0.25) is 11.8 Å². The number of rotatable bonds is 5.